The van der Waals surface area contributed by atoms with Crippen LogP contribution in [0.4, 0.5) is 0 Å². The van der Waals surface area contributed by atoms with E-state index in [2.05, 4.69) is 63.3 Å². The minimum Gasteiger partial charge on any atom is -0.760 e. The Kier molecular flexibility index (Phi) is 12.5. The Labute approximate surface area is 260 Å². The maximum atomic E-state index is 4.79. The molecule has 200 valence electrons. The number of hydrogen-bond acceptors (Lipinski definition) is 7. The third-order valence-electron chi connectivity index (χ3n) is 5.34. The third-order valence-corrected chi connectivity index (χ3v) is 5.82. The predicted octanol–water partition coefficient (Wildman–Crippen LogP) is 7.15. The molecule has 0 spiro atoms. The van der Waals surface area contributed by atoms with Gasteiger partial charge in [0.05, 0.1) is 22.8 Å². The van der Waals surface area contributed by atoms with Crippen molar-refractivity contribution in [3.05, 3.63) is 140 Å². The second-order valence-corrected chi connectivity index (χ2v) is 9.09. The Morgan fingerprint density at radius 3 is 1.20 bits per heavy atom. The van der Waals surface area contributed by atoms with Gasteiger partial charge in [0.15, 0.2) is 0 Å². The minimum absolute atomic E-state index is 0. The molecule has 5 heterocycles. The molecule has 1 aromatic carbocycles. The molecule has 5 aromatic heterocycles. The van der Waals surface area contributed by atoms with Crippen LogP contribution in [0.3, 0.4) is 0 Å². The van der Waals surface area contributed by atoms with Gasteiger partial charge in [0.2, 0.25) is 0 Å². The van der Waals surface area contributed by atoms with Crippen LogP contribution in [0.5, 0.6) is 0 Å². The van der Waals surface area contributed by atoms with E-state index in [0.29, 0.717) is 10.1 Å². The molecule has 6 rings (SSSR count). The van der Waals surface area contributed by atoms with E-state index < -0.39 is 0 Å². The number of pyridine rings is 5. The van der Waals surface area contributed by atoms with E-state index >= 15 is 0 Å². The van der Waals surface area contributed by atoms with Gasteiger partial charge in [-0.05, 0) is 66.6 Å². The molecule has 5 nitrogen and oxygen atoms in total. The van der Waals surface area contributed by atoms with Crippen molar-refractivity contribution < 1.29 is 21.1 Å². The predicted molar refractivity (Wildman–Crippen MR) is 161 cm³/mol. The summed E-state index contributed by atoms with van der Waals surface area (Å²) < 4.78 is 0. The van der Waals surface area contributed by atoms with Crippen LogP contribution < -0.4 is 0 Å². The normalized spacial score (nSPS) is 9.62. The van der Waals surface area contributed by atoms with E-state index in [1.54, 1.807) is 36.9 Å². The molecule has 0 bridgehead atoms. The number of aromatic nitrogens is 5. The molecular formula is C32H25N5PtS2. The first kappa shape index (κ1) is 30.6. The van der Waals surface area contributed by atoms with Gasteiger partial charge in [-0.2, -0.15) is 0 Å². The molecule has 0 atom stereocenters. The topological polar surface area (TPSA) is 64.5 Å². The van der Waals surface area contributed by atoms with Gasteiger partial charge in [0.25, 0.3) is 0 Å². The molecule has 0 N–H and O–H groups in total. The largest absolute Gasteiger partial charge is 2.00 e. The van der Waals surface area contributed by atoms with Crippen molar-refractivity contribution in [1.29, 1.82) is 0 Å². The van der Waals surface area contributed by atoms with Crippen molar-refractivity contribution in [3.63, 3.8) is 0 Å². The molecule has 0 aliphatic rings. The summed E-state index contributed by atoms with van der Waals surface area (Å²) in [4.78, 5) is 21.3. The average Bonchev–Trinajstić information content (AvgIpc) is 3.00. The third kappa shape index (κ3) is 9.69. The van der Waals surface area contributed by atoms with Crippen LogP contribution in [-0.2, 0) is 46.3 Å². The zero-order valence-electron chi connectivity index (χ0n) is 21.6. The zero-order valence-corrected chi connectivity index (χ0v) is 25.5. The summed E-state index contributed by atoms with van der Waals surface area (Å²) in [5, 5.41) is 1.31. The first-order valence-corrected chi connectivity index (χ1v) is 13.0. The van der Waals surface area contributed by atoms with Crippen LogP contribution in [0.25, 0.3) is 33.9 Å². The Balaban J connectivity index is 0.000000241. The van der Waals surface area contributed by atoms with Crippen LogP contribution in [-0.4, -0.2) is 24.9 Å². The maximum Gasteiger partial charge on any atom is 2.00 e. The van der Waals surface area contributed by atoms with Gasteiger partial charge in [-0.1, -0.05) is 76.3 Å². The molecule has 0 radical (unpaired) electrons. The van der Waals surface area contributed by atoms with Crippen LogP contribution in [0.15, 0.2) is 144 Å². The standard InChI is InChI=1S/C22H17N3.2C5H5NS.Pt/c1-16-8-10-17(11-9-16)18-14-21(19-6-2-4-12-23-19)25-22(15-18)20-7-3-5-13-24-20;2*7-5-3-1-2-4-6-5;/h2-15H,1H3;2*1-4H,(H,6,7);/q;;;+2/p-2. The second kappa shape index (κ2) is 16.3. The van der Waals surface area contributed by atoms with Gasteiger partial charge in [-0.25, -0.2) is 4.98 Å². The van der Waals surface area contributed by atoms with Gasteiger partial charge in [-0.15, -0.1) is 0 Å². The summed E-state index contributed by atoms with van der Waals surface area (Å²) in [5.74, 6) is 0. The van der Waals surface area contributed by atoms with Crippen LogP contribution in [0.2, 0.25) is 0 Å². The molecule has 0 fully saturated rings. The molecule has 0 aliphatic carbocycles. The fourth-order valence-corrected chi connectivity index (χ4v) is 3.71. The molecule has 40 heavy (non-hydrogen) atoms. The van der Waals surface area contributed by atoms with Crippen molar-refractivity contribution in [1.82, 2.24) is 24.9 Å². The molecule has 0 amide bonds. The number of nitrogens with zero attached hydrogens (tertiary/aromatic N) is 5. The minimum atomic E-state index is 0. The van der Waals surface area contributed by atoms with E-state index in [9.17, 15) is 0 Å². The van der Waals surface area contributed by atoms with E-state index in [0.717, 1.165) is 33.9 Å². The summed E-state index contributed by atoms with van der Waals surface area (Å²) >= 11 is 9.40. The first-order chi connectivity index (χ1) is 19.1. The van der Waals surface area contributed by atoms with Crippen LogP contribution in [0.1, 0.15) is 5.56 Å². The molecular weight excluding hydrogens is 714 g/mol. The molecule has 0 saturated heterocycles. The van der Waals surface area contributed by atoms with Gasteiger partial charge < -0.3 is 25.3 Å². The quantitative estimate of drug-likeness (QED) is 0.179. The number of rotatable bonds is 3. The van der Waals surface area contributed by atoms with Crippen LogP contribution in [0, 0.1) is 6.92 Å². The molecule has 6 aromatic rings. The van der Waals surface area contributed by atoms with Gasteiger partial charge in [0, 0.05) is 24.8 Å². The molecule has 0 aliphatic heterocycles. The Hall–Kier alpha value is -3.90. The molecule has 0 unspecified atom stereocenters. The Bertz CT molecular complexity index is 1460. The monoisotopic (exact) mass is 738 g/mol. The van der Waals surface area contributed by atoms with E-state index in [1.807, 2.05) is 60.7 Å². The fourth-order valence-electron chi connectivity index (χ4n) is 3.43. The van der Waals surface area contributed by atoms with Gasteiger partial charge in [0.1, 0.15) is 0 Å². The summed E-state index contributed by atoms with van der Waals surface area (Å²) in [5.41, 5.74) is 6.91. The average molecular weight is 739 g/mol. The second-order valence-electron chi connectivity index (χ2n) is 8.26. The van der Waals surface area contributed by atoms with Gasteiger partial charge in [-0.3, -0.25) is 19.9 Å². The van der Waals surface area contributed by atoms with E-state index in [4.69, 9.17) is 30.2 Å². The van der Waals surface area contributed by atoms with Crippen molar-refractivity contribution in [2.75, 3.05) is 0 Å². The fraction of sp³-hybridized carbons (Fsp3) is 0.0312. The van der Waals surface area contributed by atoms with E-state index in [-0.39, 0.29) is 21.1 Å². The van der Waals surface area contributed by atoms with Crippen molar-refractivity contribution >= 4 is 25.3 Å². The molecule has 0 saturated carbocycles. The smallest absolute Gasteiger partial charge is 0.760 e. The number of hydrogen-bond donors (Lipinski definition) is 0. The number of benzene rings is 1. The number of aryl methyl sites for hydroxylation is 1. The van der Waals surface area contributed by atoms with Crippen molar-refractivity contribution in [3.8, 4) is 33.9 Å². The zero-order chi connectivity index (χ0) is 27.3. The maximum absolute atomic E-state index is 4.79. The first-order valence-electron chi connectivity index (χ1n) is 12.2. The van der Waals surface area contributed by atoms with Crippen LogP contribution >= 0.6 is 0 Å². The van der Waals surface area contributed by atoms with E-state index in [1.165, 1.54) is 5.56 Å². The summed E-state index contributed by atoms with van der Waals surface area (Å²) in [6.45, 7) is 2.09. The Morgan fingerprint density at radius 1 is 0.450 bits per heavy atom. The van der Waals surface area contributed by atoms with Crippen molar-refractivity contribution in [2.45, 2.75) is 17.0 Å². The molecule has 8 heteroatoms. The van der Waals surface area contributed by atoms with Crippen molar-refractivity contribution in [2.24, 2.45) is 0 Å². The van der Waals surface area contributed by atoms with Gasteiger partial charge >= 0.3 is 21.1 Å². The Morgan fingerprint density at radius 2 is 0.875 bits per heavy atom. The summed E-state index contributed by atoms with van der Waals surface area (Å²) in [6, 6.07) is 35.4. The summed E-state index contributed by atoms with van der Waals surface area (Å²) in [7, 11) is 0. The summed E-state index contributed by atoms with van der Waals surface area (Å²) in [6.07, 6.45) is 6.94. The SMILES string of the molecule is Cc1ccc(-c2cc(-c3ccccn3)nc(-c3ccccn3)c2)cc1.[Pt+2].[S-]c1ccccn1.[S-]c1ccccn1.